The minimum atomic E-state index is -4.51. The summed E-state index contributed by atoms with van der Waals surface area (Å²) in [6.45, 7) is 5.23. The molecule has 0 radical (unpaired) electrons. The van der Waals surface area contributed by atoms with Gasteiger partial charge in [0.25, 0.3) is 7.82 Å². The third-order valence-electron chi connectivity index (χ3n) is 8.39. The van der Waals surface area contributed by atoms with Crippen LogP contribution in [0.3, 0.4) is 0 Å². The highest BCUT2D eigenvalue weighted by molar-refractivity contribution is 7.45. The van der Waals surface area contributed by atoms with E-state index in [0.717, 1.165) is 57.8 Å². The first-order chi connectivity index (χ1) is 24.6. The fraction of sp³-hybridized carbons (Fsp3) is 0.786. The van der Waals surface area contributed by atoms with Crippen molar-refractivity contribution in [1.29, 1.82) is 0 Å². The summed E-state index contributed by atoms with van der Waals surface area (Å²) >= 11 is 0. The topological polar surface area (TPSA) is 94.1 Å². The molecule has 298 valence electrons. The minimum absolute atomic E-state index is 0.0243. The van der Waals surface area contributed by atoms with Crippen molar-refractivity contribution < 1.29 is 37.3 Å². The Kier molecular flexibility index (Phi) is 34.4. The van der Waals surface area contributed by atoms with Gasteiger partial charge in [0.05, 0.1) is 34.4 Å². The van der Waals surface area contributed by atoms with Crippen molar-refractivity contribution in [3.05, 3.63) is 48.6 Å². The van der Waals surface area contributed by atoms with Crippen LogP contribution in [0, 0.1) is 0 Å². The van der Waals surface area contributed by atoms with E-state index >= 15 is 0 Å². The molecule has 0 saturated heterocycles. The lowest BCUT2D eigenvalue weighted by molar-refractivity contribution is -0.870. The van der Waals surface area contributed by atoms with Crippen LogP contribution in [0.1, 0.15) is 155 Å². The molecule has 2 unspecified atom stereocenters. The maximum absolute atomic E-state index is 12.6. The first kappa shape index (κ1) is 49.5. The molecule has 9 heteroatoms. The van der Waals surface area contributed by atoms with Crippen molar-refractivity contribution in [2.24, 2.45) is 0 Å². The molecule has 2 atom stereocenters. The SMILES string of the molecule is CC/C=C\C/C=C\C/C=C\C/C=C\CCCCCCCCCCCCC(=O)OC(COCCCCCCCC)COP(=O)([O-])OCC[N+](C)(C)C. The summed E-state index contributed by atoms with van der Waals surface area (Å²) in [6.07, 6.45) is 41.4. The number of hydrogen-bond donors (Lipinski definition) is 0. The molecular weight excluding hydrogens is 661 g/mol. The molecular formula is C42H78NO7P. The van der Waals surface area contributed by atoms with E-state index in [1.165, 1.54) is 77.0 Å². The first-order valence-electron chi connectivity index (χ1n) is 20.4. The molecule has 8 nitrogen and oxygen atoms in total. The number of rotatable bonds is 37. The van der Waals surface area contributed by atoms with Gasteiger partial charge in [0.2, 0.25) is 0 Å². The van der Waals surface area contributed by atoms with E-state index in [9.17, 15) is 14.3 Å². The van der Waals surface area contributed by atoms with Gasteiger partial charge in [-0.2, -0.15) is 0 Å². The van der Waals surface area contributed by atoms with Crippen molar-refractivity contribution in [2.45, 2.75) is 161 Å². The predicted octanol–water partition coefficient (Wildman–Crippen LogP) is 11.0. The molecule has 51 heavy (non-hydrogen) atoms. The smallest absolute Gasteiger partial charge is 0.306 e. The van der Waals surface area contributed by atoms with Gasteiger partial charge in [0, 0.05) is 13.0 Å². The maximum atomic E-state index is 12.6. The van der Waals surface area contributed by atoms with Gasteiger partial charge in [0.1, 0.15) is 19.3 Å². The lowest BCUT2D eigenvalue weighted by atomic mass is 10.0. The average molecular weight is 740 g/mol. The summed E-state index contributed by atoms with van der Waals surface area (Å²) in [7, 11) is 1.35. The first-order valence-corrected chi connectivity index (χ1v) is 21.8. The molecule has 0 saturated carbocycles. The molecule has 0 rings (SSSR count). The van der Waals surface area contributed by atoms with Gasteiger partial charge in [-0.25, -0.2) is 0 Å². The Morgan fingerprint density at radius 3 is 1.71 bits per heavy atom. The zero-order valence-corrected chi connectivity index (χ0v) is 34.4. The second-order valence-electron chi connectivity index (χ2n) is 14.6. The van der Waals surface area contributed by atoms with Crippen LogP contribution in [0.25, 0.3) is 0 Å². The predicted molar refractivity (Wildman–Crippen MR) is 213 cm³/mol. The Hall–Kier alpha value is -1.54. The van der Waals surface area contributed by atoms with Crippen LogP contribution in [0.15, 0.2) is 48.6 Å². The highest BCUT2D eigenvalue weighted by Gasteiger charge is 2.20. The van der Waals surface area contributed by atoms with E-state index in [1.54, 1.807) is 0 Å². The second-order valence-corrected chi connectivity index (χ2v) is 16.0. The number of esters is 1. The molecule has 0 spiro atoms. The third kappa shape index (κ3) is 39.5. The van der Waals surface area contributed by atoms with E-state index in [1.807, 2.05) is 21.1 Å². The fourth-order valence-electron chi connectivity index (χ4n) is 5.24. The molecule has 0 bridgehead atoms. The summed E-state index contributed by atoms with van der Waals surface area (Å²) in [5, 5.41) is 0. The second kappa shape index (κ2) is 35.5. The van der Waals surface area contributed by atoms with Crippen molar-refractivity contribution in [2.75, 3.05) is 54.1 Å². The Bertz CT molecular complexity index is 957. The van der Waals surface area contributed by atoms with Crippen LogP contribution in [0.2, 0.25) is 0 Å². The van der Waals surface area contributed by atoms with Gasteiger partial charge in [-0.15, -0.1) is 0 Å². The molecule has 0 heterocycles. The standard InChI is InChI=1S/C42H78NO7P/c1-6-8-10-12-14-15-16-17-18-19-20-21-22-23-24-25-26-27-28-29-30-31-33-35-42(44)50-41(39-47-37-34-32-13-11-9-7-2)40-49-51(45,46)48-38-36-43(3,4)5/h8,10,14-15,17-18,20-21,41H,6-7,9,11-13,16,19,22-40H2,1-5H3/b10-8-,15-14-,18-17-,21-20-. The number of likely N-dealkylation sites (N-methyl/N-ethyl adjacent to an activating group) is 1. The molecule has 0 aliphatic carbocycles. The summed E-state index contributed by atoms with van der Waals surface area (Å²) < 4.78 is 34.3. The molecule has 0 amide bonds. The number of phosphoric ester groups is 1. The van der Waals surface area contributed by atoms with Crippen LogP contribution < -0.4 is 4.89 Å². The number of phosphoric acid groups is 1. The van der Waals surface area contributed by atoms with Crippen LogP contribution >= 0.6 is 7.82 Å². The number of carbonyl (C=O) groups is 1. The van der Waals surface area contributed by atoms with Gasteiger partial charge >= 0.3 is 5.97 Å². The van der Waals surface area contributed by atoms with E-state index in [2.05, 4.69) is 62.5 Å². The fourth-order valence-corrected chi connectivity index (χ4v) is 5.97. The number of allylic oxidation sites excluding steroid dienone is 8. The largest absolute Gasteiger partial charge is 0.756 e. The van der Waals surface area contributed by atoms with Gasteiger partial charge in [-0.1, -0.05) is 146 Å². The van der Waals surface area contributed by atoms with E-state index < -0.39 is 13.9 Å². The number of nitrogens with zero attached hydrogens (tertiary/aromatic N) is 1. The number of unbranched alkanes of at least 4 members (excludes halogenated alkanes) is 15. The number of carbonyl (C=O) groups excluding carboxylic acids is 1. The Morgan fingerprint density at radius 2 is 1.14 bits per heavy atom. The summed E-state index contributed by atoms with van der Waals surface area (Å²) in [5.41, 5.74) is 0. The molecule has 0 aliphatic rings. The van der Waals surface area contributed by atoms with Crippen molar-refractivity contribution in [3.63, 3.8) is 0 Å². The molecule has 0 fully saturated rings. The maximum Gasteiger partial charge on any atom is 0.306 e. The number of hydrogen-bond acceptors (Lipinski definition) is 7. The Morgan fingerprint density at radius 1 is 0.627 bits per heavy atom. The number of ether oxygens (including phenoxy) is 2. The highest BCUT2D eigenvalue weighted by atomic mass is 31.2. The van der Waals surface area contributed by atoms with E-state index in [0.29, 0.717) is 24.1 Å². The summed E-state index contributed by atoms with van der Waals surface area (Å²) in [5.74, 6) is -0.344. The van der Waals surface area contributed by atoms with Crippen LogP contribution in [0.4, 0.5) is 0 Å². The monoisotopic (exact) mass is 740 g/mol. The highest BCUT2D eigenvalue weighted by Crippen LogP contribution is 2.38. The van der Waals surface area contributed by atoms with Crippen LogP contribution in [-0.4, -0.2) is 70.7 Å². The van der Waals surface area contributed by atoms with Crippen LogP contribution in [-0.2, 0) is 27.9 Å². The average Bonchev–Trinajstić information content (AvgIpc) is 3.08. The molecule has 0 aromatic rings. The van der Waals surface area contributed by atoms with E-state index in [-0.39, 0.29) is 25.8 Å². The quantitative estimate of drug-likeness (QED) is 0.0206. The third-order valence-corrected chi connectivity index (χ3v) is 9.36. The molecule has 0 N–H and O–H groups in total. The lowest BCUT2D eigenvalue weighted by Crippen LogP contribution is -2.37. The Balaban J connectivity index is 4.06. The zero-order valence-electron chi connectivity index (χ0n) is 33.5. The Labute approximate surface area is 314 Å². The summed E-state index contributed by atoms with van der Waals surface area (Å²) in [4.78, 5) is 24.9. The molecule has 0 aromatic heterocycles. The molecule has 0 aliphatic heterocycles. The van der Waals surface area contributed by atoms with Gasteiger partial charge in [-0.05, 0) is 51.4 Å². The normalized spacial score (nSPS) is 14.4. The lowest BCUT2D eigenvalue weighted by Gasteiger charge is -2.28. The van der Waals surface area contributed by atoms with Gasteiger partial charge in [-0.3, -0.25) is 9.36 Å². The van der Waals surface area contributed by atoms with Crippen molar-refractivity contribution in [1.82, 2.24) is 0 Å². The van der Waals surface area contributed by atoms with Crippen LogP contribution in [0.5, 0.6) is 0 Å². The van der Waals surface area contributed by atoms with Crippen molar-refractivity contribution >= 4 is 13.8 Å². The summed E-state index contributed by atoms with van der Waals surface area (Å²) in [6, 6.07) is 0. The van der Waals surface area contributed by atoms with Gasteiger partial charge in [0.15, 0.2) is 0 Å². The number of quaternary nitrogens is 1. The molecule has 0 aromatic carbocycles. The minimum Gasteiger partial charge on any atom is -0.756 e. The zero-order chi connectivity index (χ0) is 37.7. The van der Waals surface area contributed by atoms with Crippen molar-refractivity contribution in [3.8, 4) is 0 Å². The van der Waals surface area contributed by atoms with Gasteiger partial charge < -0.3 is 27.9 Å². The van der Waals surface area contributed by atoms with E-state index in [4.69, 9.17) is 18.5 Å².